The van der Waals surface area contributed by atoms with Gasteiger partial charge in [-0.3, -0.25) is 4.79 Å². The quantitative estimate of drug-likeness (QED) is 0.664. The fourth-order valence-corrected chi connectivity index (χ4v) is 2.14. The Balaban J connectivity index is 1.94. The topological polar surface area (TPSA) is 73.8 Å². The Hall–Kier alpha value is -1.82. The molecule has 0 amide bonds. The third kappa shape index (κ3) is 3.33. The van der Waals surface area contributed by atoms with Crippen molar-refractivity contribution in [3.63, 3.8) is 0 Å². The average molecular weight is 262 g/mol. The first kappa shape index (κ1) is 12.6. The third-order valence-corrected chi connectivity index (χ3v) is 3.18. The van der Waals surface area contributed by atoms with Crippen LogP contribution < -0.4 is 11.3 Å². The lowest BCUT2D eigenvalue weighted by Gasteiger charge is -2.05. The lowest BCUT2D eigenvalue weighted by molar-refractivity contribution is 0.735. The highest BCUT2D eigenvalue weighted by atomic mass is 32.2. The number of pyridine rings is 1. The van der Waals surface area contributed by atoms with Crippen LogP contribution in [0, 0.1) is 6.92 Å². The monoisotopic (exact) mass is 262 g/mol. The van der Waals surface area contributed by atoms with Crippen molar-refractivity contribution in [3.05, 3.63) is 46.6 Å². The number of hydrogen-bond acceptors (Lipinski definition) is 5. The van der Waals surface area contributed by atoms with E-state index in [0.717, 1.165) is 16.5 Å². The number of aryl methyl sites for hydroxylation is 2. The van der Waals surface area contributed by atoms with Gasteiger partial charge >= 0.3 is 0 Å². The smallest absolute Gasteiger partial charge is 0.250 e. The Morgan fingerprint density at radius 1 is 1.33 bits per heavy atom. The molecule has 2 heterocycles. The van der Waals surface area contributed by atoms with Gasteiger partial charge in [0.2, 0.25) is 0 Å². The van der Waals surface area contributed by atoms with Crippen molar-refractivity contribution >= 4 is 17.4 Å². The van der Waals surface area contributed by atoms with Crippen LogP contribution in [0.2, 0.25) is 0 Å². The van der Waals surface area contributed by atoms with Crippen LogP contribution >= 0.6 is 11.8 Å². The summed E-state index contributed by atoms with van der Waals surface area (Å²) in [7, 11) is 0. The molecule has 0 aliphatic carbocycles. The van der Waals surface area contributed by atoms with Crippen LogP contribution in [-0.2, 0) is 6.54 Å². The SMILES string of the molecule is Cc1cnc(SCCn2cc(N)ccc2=O)nc1. The molecule has 0 aliphatic rings. The molecule has 2 N–H and O–H groups in total. The van der Waals surface area contributed by atoms with E-state index in [1.54, 1.807) is 29.2 Å². The molecule has 0 fully saturated rings. The number of nitrogen functional groups attached to an aromatic ring is 1. The van der Waals surface area contributed by atoms with Crippen LogP contribution in [0.1, 0.15) is 5.56 Å². The maximum Gasteiger partial charge on any atom is 0.250 e. The van der Waals surface area contributed by atoms with Gasteiger partial charge in [-0.05, 0) is 18.6 Å². The fraction of sp³-hybridized carbons (Fsp3) is 0.250. The molecular weight excluding hydrogens is 248 g/mol. The molecule has 0 aromatic carbocycles. The largest absolute Gasteiger partial charge is 0.398 e. The number of nitrogens with two attached hydrogens (primary N) is 1. The molecular formula is C12H14N4OS. The Bertz CT molecular complexity index is 579. The molecule has 0 spiro atoms. The van der Waals surface area contributed by atoms with Crippen molar-refractivity contribution in [2.45, 2.75) is 18.6 Å². The molecule has 2 aromatic rings. The number of aromatic nitrogens is 3. The molecule has 0 radical (unpaired) electrons. The normalized spacial score (nSPS) is 10.5. The van der Waals surface area contributed by atoms with E-state index in [9.17, 15) is 4.79 Å². The first-order valence-electron chi connectivity index (χ1n) is 5.52. The van der Waals surface area contributed by atoms with Gasteiger partial charge in [-0.15, -0.1) is 0 Å². The van der Waals surface area contributed by atoms with Gasteiger partial charge in [0, 0.05) is 42.6 Å². The van der Waals surface area contributed by atoms with Crippen LogP contribution in [0.4, 0.5) is 5.69 Å². The van der Waals surface area contributed by atoms with E-state index in [1.807, 2.05) is 6.92 Å². The maximum atomic E-state index is 11.5. The molecule has 0 bridgehead atoms. The second-order valence-electron chi connectivity index (χ2n) is 3.89. The van der Waals surface area contributed by atoms with Crippen molar-refractivity contribution in [3.8, 4) is 0 Å². The van der Waals surface area contributed by atoms with Crippen LogP contribution in [0.15, 0.2) is 40.7 Å². The van der Waals surface area contributed by atoms with E-state index in [4.69, 9.17) is 5.73 Å². The van der Waals surface area contributed by atoms with Gasteiger partial charge in [0.1, 0.15) is 0 Å². The predicted octanol–water partition coefficient (Wildman–Crippen LogP) is 1.32. The molecule has 5 nitrogen and oxygen atoms in total. The highest BCUT2D eigenvalue weighted by molar-refractivity contribution is 7.99. The number of thioether (sulfide) groups is 1. The Morgan fingerprint density at radius 3 is 2.78 bits per heavy atom. The van der Waals surface area contributed by atoms with Crippen molar-refractivity contribution in [1.29, 1.82) is 0 Å². The first-order chi connectivity index (χ1) is 8.65. The second-order valence-corrected chi connectivity index (χ2v) is 4.95. The van der Waals surface area contributed by atoms with Gasteiger partial charge in [-0.2, -0.15) is 0 Å². The van der Waals surface area contributed by atoms with Crippen LogP contribution in [-0.4, -0.2) is 20.3 Å². The van der Waals surface area contributed by atoms with Crippen LogP contribution in [0.25, 0.3) is 0 Å². The summed E-state index contributed by atoms with van der Waals surface area (Å²) >= 11 is 1.52. The molecule has 2 aromatic heterocycles. The highest BCUT2D eigenvalue weighted by Gasteiger charge is 2.00. The first-order valence-corrected chi connectivity index (χ1v) is 6.51. The van der Waals surface area contributed by atoms with Gasteiger partial charge in [0.05, 0.1) is 0 Å². The number of hydrogen-bond donors (Lipinski definition) is 1. The van der Waals surface area contributed by atoms with E-state index in [-0.39, 0.29) is 5.56 Å². The van der Waals surface area contributed by atoms with Crippen molar-refractivity contribution < 1.29 is 0 Å². The number of anilines is 1. The van der Waals surface area contributed by atoms with Gasteiger partial charge in [0.25, 0.3) is 5.56 Å². The molecule has 94 valence electrons. The van der Waals surface area contributed by atoms with Crippen molar-refractivity contribution in [2.75, 3.05) is 11.5 Å². The lowest BCUT2D eigenvalue weighted by Crippen LogP contribution is -2.19. The molecule has 18 heavy (non-hydrogen) atoms. The summed E-state index contributed by atoms with van der Waals surface area (Å²) in [6.45, 7) is 2.53. The Kier molecular flexibility index (Phi) is 3.99. The fourth-order valence-electron chi connectivity index (χ4n) is 1.42. The summed E-state index contributed by atoms with van der Waals surface area (Å²) in [5.41, 5.74) is 7.21. The summed E-state index contributed by atoms with van der Waals surface area (Å²) in [4.78, 5) is 19.9. The minimum absolute atomic E-state index is 0.0466. The Labute approximate surface area is 109 Å². The van der Waals surface area contributed by atoms with Crippen molar-refractivity contribution in [1.82, 2.24) is 14.5 Å². The van der Waals surface area contributed by atoms with E-state index < -0.39 is 0 Å². The van der Waals surface area contributed by atoms with Gasteiger partial charge in [-0.1, -0.05) is 11.8 Å². The summed E-state index contributed by atoms with van der Waals surface area (Å²) < 4.78 is 1.59. The average Bonchev–Trinajstić information content (AvgIpc) is 2.36. The van der Waals surface area contributed by atoms with Crippen molar-refractivity contribution in [2.24, 2.45) is 0 Å². The standard InChI is InChI=1S/C12H14N4OS/c1-9-6-14-12(15-7-9)18-5-4-16-8-10(13)2-3-11(16)17/h2-3,6-8H,4-5,13H2,1H3. The zero-order chi connectivity index (χ0) is 13.0. The Morgan fingerprint density at radius 2 is 2.06 bits per heavy atom. The predicted molar refractivity (Wildman–Crippen MR) is 72.6 cm³/mol. The lowest BCUT2D eigenvalue weighted by atomic mass is 10.4. The van der Waals surface area contributed by atoms with E-state index in [0.29, 0.717) is 12.2 Å². The van der Waals surface area contributed by atoms with Crippen LogP contribution in [0.3, 0.4) is 0 Å². The second kappa shape index (κ2) is 5.68. The van der Waals surface area contributed by atoms with Crippen LogP contribution in [0.5, 0.6) is 0 Å². The molecule has 2 rings (SSSR count). The molecule has 0 aliphatic heterocycles. The van der Waals surface area contributed by atoms with E-state index in [2.05, 4.69) is 9.97 Å². The summed E-state index contributed by atoms with van der Waals surface area (Å²) in [5, 5.41) is 0.720. The maximum absolute atomic E-state index is 11.5. The molecule has 0 saturated carbocycles. The minimum atomic E-state index is -0.0466. The number of nitrogens with zero attached hydrogens (tertiary/aromatic N) is 3. The molecule has 6 heteroatoms. The van der Waals surface area contributed by atoms with Gasteiger partial charge < -0.3 is 10.3 Å². The summed E-state index contributed by atoms with van der Waals surface area (Å²) in [5.74, 6) is 0.729. The molecule has 0 saturated heterocycles. The minimum Gasteiger partial charge on any atom is -0.398 e. The van der Waals surface area contributed by atoms with Gasteiger partial charge in [0.15, 0.2) is 5.16 Å². The zero-order valence-corrected chi connectivity index (χ0v) is 10.9. The summed E-state index contributed by atoms with van der Waals surface area (Å²) in [6.07, 6.45) is 5.21. The molecule has 0 atom stereocenters. The zero-order valence-electron chi connectivity index (χ0n) is 10.0. The molecule has 0 unspecified atom stereocenters. The van der Waals surface area contributed by atoms with E-state index in [1.165, 1.54) is 17.8 Å². The highest BCUT2D eigenvalue weighted by Crippen LogP contribution is 2.12. The third-order valence-electron chi connectivity index (χ3n) is 2.33. The number of rotatable bonds is 4. The van der Waals surface area contributed by atoms with E-state index >= 15 is 0 Å². The summed E-state index contributed by atoms with van der Waals surface area (Å²) in [6, 6.07) is 3.08. The van der Waals surface area contributed by atoms with Gasteiger partial charge in [-0.25, -0.2) is 9.97 Å².